The molecule has 0 saturated carbocycles. The number of carbonyl (C=O) groups is 1. The third kappa shape index (κ3) is 2.10. The van der Waals surface area contributed by atoms with E-state index in [1.807, 2.05) is 6.07 Å². The minimum Gasteiger partial charge on any atom is -0.384 e. The van der Waals surface area contributed by atoms with E-state index in [-0.39, 0.29) is 5.91 Å². The van der Waals surface area contributed by atoms with Crippen molar-refractivity contribution in [2.24, 2.45) is 5.92 Å². The lowest BCUT2D eigenvalue weighted by molar-refractivity contribution is -0.124. The van der Waals surface area contributed by atoms with Gasteiger partial charge in [0.1, 0.15) is 18.0 Å². The fraction of sp³-hybridized carbons (Fsp3) is 0.583. The number of nitrogen functional groups attached to an aromatic ring is 1. The lowest BCUT2D eigenvalue weighted by Crippen LogP contribution is -2.54. The molecular weight excluding hydrogens is 230 g/mol. The molecule has 2 unspecified atom stereocenters. The molecule has 2 atom stereocenters. The molecule has 3 N–H and O–H groups in total. The van der Waals surface area contributed by atoms with Crippen molar-refractivity contribution in [2.75, 3.05) is 23.7 Å². The Bertz CT molecular complexity index is 464. The molecule has 1 amide bonds. The Morgan fingerprint density at radius 3 is 3.11 bits per heavy atom. The summed E-state index contributed by atoms with van der Waals surface area (Å²) in [5, 5.41) is 3.08. The zero-order chi connectivity index (χ0) is 12.5. The quantitative estimate of drug-likeness (QED) is 0.738. The van der Waals surface area contributed by atoms with Crippen molar-refractivity contribution in [1.29, 1.82) is 0 Å². The third-order valence-electron chi connectivity index (χ3n) is 3.82. The molecule has 3 rings (SSSR count). The fourth-order valence-electron chi connectivity index (χ4n) is 2.85. The second-order valence-corrected chi connectivity index (χ2v) is 5.01. The predicted molar refractivity (Wildman–Crippen MR) is 67.9 cm³/mol. The zero-order valence-corrected chi connectivity index (χ0v) is 10.2. The highest BCUT2D eigenvalue weighted by atomic mass is 16.1. The Morgan fingerprint density at radius 1 is 1.39 bits per heavy atom. The maximum absolute atomic E-state index is 11.4. The minimum absolute atomic E-state index is 0.191. The second-order valence-electron chi connectivity index (χ2n) is 5.01. The Morgan fingerprint density at radius 2 is 2.28 bits per heavy atom. The summed E-state index contributed by atoms with van der Waals surface area (Å²) in [5.74, 6) is 2.10. The van der Waals surface area contributed by atoms with Crippen LogP contribution in [0.3, 0.4) is 0 Å². The largest absolute Gasteiger partial charge is 0.384 e. The lowest BCUT2D eigenvalue weighted by atomic mass is 9.85. The highest BCUT2D eigenvalue weighted by molar-refractivity contribution is 5.77. The topological polar surface area (TPSA) is 84.1 Å². The first-order chi connectivity index (χ1) is 8.72. The van der Waals surface area contributed by atoms with Crippen molar-refractivity contribution in [1.82, 2.24) is 15.3 Å². The van der Waals surface area contributed by atoms with E-state index in [2.05, 4.69) is 20.2 Å². The van der Waals surface area contributed by atoms with Gasteiger partial charge in [-0.25, -0.2) is 9.97 Å². The molecule has 0 spiro atoms. The van der Waals surface area contributed by atoms with E-state index in [0.29, 0.717) is 24.2 Å². The van der Waals surface area contributed by atoms with Gasteiger partial charge in [-0.15, -0.1) is 0 Å². The number of nitrogens with two attached hydrogens (primary N) is 1. The van der Waals surface area contributed by atoms with Crippen molar-refractivity contribution in [3.63, 3.8) is 0 Å². The molecule has 0 aliphatic carbocycles. The van der Waals surface area contributed by atoms with Crippen LogP contribution in [0.4, 0.5) is 11.6 Å². The summed E-state index contributed by atoms with van der Waals surface area (Å²) in [5.41, 5.74) is 5.68. The molecule has 0 aromatic carbocycles. The molecule has 0 radical (unpaired) electrons. The van der Waals surface area contributed by atoms with E-state index < -0.39 is 0 Å². The van der Waals surface area contributed by atoms with Crippen LogP contribution < -0.4 is 16.0 Å². The Kier molecular flexibility index (Phi) is 2.77. The van der Waals surface area contributed by atoms with E-state index in [9.17, 15) is 4.79 Å². The van der Waals surface area contributed by atoms with Crippen LogP contribution in [0.25, 0.3) is 0 Å². The molecule has 2 fully saturated rings. The number of amides is 1. The molecule has 0 bridgehead atoms. The normalized spacial score (nSPS) is 27.6. The van der Waals surface area contributed by atoms with Gasteiger partial charge in [-0.3, -0.25) is 4.79 Å². The van der Waals surface area contributed by atoms with E-state index in [0.717, 1.165) is 31.7 Å². The van der Waals surface area contributed by atoms with Gasteiger partial charge in [0, 0.05) is 31.6 Å². The van der Waals surface area contributed by atoms with Crippen molar-refractivity contribution in [2.45, 2.75) is 25.3 Å². The smallest absolute Gasteiger partial charge is 0.220 e. The summed E-state index contributed by atoms with van der Waals surface area (Å²) in [6.07, 6.45) is 4.08. The number of piperidine rings is 2. The molecular formula is C12H17N5O. The van der Waals surface area contributed by atoms with Gasteiger partial charge in [0.2, 0.25) is 5.91 Å². The van der Waals surface area contributed by atoms with E-state index in [4.69, 9.17) is 5.73 Å². The number of hydrogen-bond donors (Lipinski definition) is 2. The molecule has 2 aliphatic rings. The van der Waals surface area contributed by atoms with Crippen molar-refractivity contribution in [3.05, 3.63) is 12.4 Å². The molecule has 6 nitrogen and oxygen atoms in total. The number of nitrogens with one attached hydrogen (secondary N) is 1. The molecule has 3 heterocycles. The monoisotopic (exact) mass is 247 g/mol. The van der Waals surface area contributed by atoms with Gasteiger partial charge in [0.25, 0.3) is 0 Å². The number of rotatable bonds is 1. The summed E-state index contributed by atoms with van der Waals surface area (Å²) >= 11 is 0. The standard InChI is InChI=1S/C12H17N5O/c13-10-5-11(15-7-14-10)17-4-3-9-8(6-17)1-2-12(18)16-9/h5,7-9H,1-4,6H2,(H,16,18)(H2,13,14,15). The Balaban J connectivity index is 1.72. The number of nitrogens with zero attached hydrogens (tertiary/aromatic N) is 3. The number of hydrogen-bond acceptors (Lipinski definition) is 5. The first-order valence-corrected chi connectivity index (χ1v) is 6.34. The molecule has 18 heavy (non-hydrogen) atoms. The summed E-state index contributed by atoms with van der Waals surface area (Å²) in [6, 6.07) is 2.14. The maximum atomic E-state index is 11.4. The first-order valence-electron chi connectivity index (χ1n) is 6.34. The van der Waals surface area contributed by atoms with Gasteiger partial charge in [-0.2, -0.15) is 0 Å². The minimum atomic E-state index is 0.191. The fourth-order valence-corrected chi connectivity index (χ4v) is 2.85. The van der Waals surface area contributed by atoms with Crippen LogP contribution in [0, 0.1) is 5.92 Å². The lowest BCUT2D eigenvalue weighted by Gasteiger charge is -2.41. The number of aromatic nitrogens is 2. The summed E-state index contributed by atoms with van der Waals surface area (Å²) in [7, 11) is 0. The van der Waals surface area contributed by atoms with Gasteiger partial charge in [-0.05, 0) is 18.8 Å². The highest BCUT2D eigenvalue weighted by Crippen LogP contribution is 2.27. The van der Waals surface area contributed by atoms with Crippen molar-refractivity contribution in [3.8, 4) is 0 Å². The van der Waals surface area contributed by atoms with E-state index in [1.54, 1.807) is 0 Å². The van der Waals surface area contributed by atoms with Gasteiger partial charge >= 0.3 is 0 Å². The molecule has 96 valence electrons. The van der Waals surface area contributed by atoms with Crippen LogP contribution in [0.1, 0.15) is 19.3 Å². The van der Waals surface area contributed by atoms with Gasteiger partial charge in [-0.1, -0.05) is 0 Å². The van der Waals surface area contributed by atoms with Crippen LogP contribution >= 0.6 is 0 Å². The second kappa shape index (κ2) is 4.44. The van der Waals surface area contributed by atoms with Crippen LogP contribution in [0.2, 0.25) is 0 Å². The third-order valence-corrected chi connectivity index (χ3v) is 3.82. The Labute approximate surface area is 106 Å². The van der Waals surface area contributed by atoms with Crippen molar-refractivity contribution >= 4 is 17.5 Å². The summed E-state index contributed by atoms with van der Waals surface area (Å²) in [6.45, 7) is 1.83. The Hall–Kier alpha value is -1.85. The maximum Gasteiger partial charge on any atom is 0.220 e. The number of anilines is 2. The number of carbonyl (C=O) groups excluding carboxylic acids is 1. The molecule has 2 aliphatic heterocycles. The predicted octanol–water partition coefficient (Wildman–Crippen LogP) is 0.164. The average Bonchev–Trinajstić information content (AvgIpc) is 2.38. The molecule has 1 aromatic heterocycles. The highest BCUT2D eigenvalue weighted by Gasteiger charge is 2.34. The summed E-state index contributed by atoms with van der Waals surface area (Å²) < 4.78 is 0. The zero-order valence-electron chi connectivity index (χ0n) is 10.2. The van der Waals surface area contributed by atoms with Gasteiger partial charge in [0.05, 0.1) is 0 Å². The summed E-state index contributed by atoms with van der Waals surface area (Å²) in [4.78, 5) is 21.8. The van der Waals surface area contributed by atoms with Gasteiger partial charge < -0.3 is 16.0 Å². The van der Waals surface area contributed by atoms with E-state index >= 15 is 0 Å². The molecule has 6 heteroatoms. The average molecular weight is 247 g/mol. The van der Waals surface area contributed by atoms with Gasteiger partial charge in [0.15, 0.2) is 0 Å². The van der Waals surface area contributed by atoms with Crippen LogP contribution in [0.5, 0.6) is 0 Å². The SMILES string of the molecule is Nc1cc(N2CCC3NC(=O)CCC3C2)ncn1. The van der Waals surface area contributed by atoms with Crippen LogP contribution in [0.15, 0.2) is 12.4 Å². The van der Waals surface area contributed by atoms with E-state index in [1.165, 1.54) is 6.33 Å². The van der Waals surface area contributed by atoms with Crippen LogP contribution in [-0.2, 0) is 4.79 Å². The molecule has 2 saturated heterocycles. The number of fused-ring (bicyclic) bond motifs is 1. The van der Waals surface area contributed by atoms with Crippen molar-refractivity contribution < 1.29 is 4.79 Å². The van der Waals surface area contributed by atoms with Crippen LogP contribution in [-0.4, -0.2) is 35.0 Å². The first kappa shape index (κ1) is 11.3. The molecule has 1 aromatic rings.